The first kappa shape index (κ1) is 37.6. The molecule has 3 aliphatic rings. The van der Waals surface area contributed by atoms with E-state index in [1.165, 1.54) is 23.2 Å². The number of aliphatic hydroxyl groups is 4. The van der Waals surface area contributed by atoms with E-state index in [1.807, 2.05) is 0 Å². The van der Waals surface area contributed by atoms with Crippen LogP contribution in [0.4, 0.5) is 5.82 Å². The van der Waals surface area contributed by atoms with Gasteiger partial charge in [0.1, 0.15) is 48.5 Å². The van der Waals surface area contributed by atoms with Crippen LogP contribution in [0.2, 0.25) is 0 Å². The number of ether oxygens (including phenoxy) is 3. The molecule has 2 aromatic heterocycles. The number of primary amides is 1. The molecule has 0 aliphatic carbocycles. The van der Waals surface area contributed by atoms with Gasteiger partial charge in [0.25, 0.3) is 5.91 Å². The number of nitrogens with two attached hydrogens (primary N) is 2. The zero-order valence-electron chi connectivity index (χ0n) is 25.8. The molecule has 3 aliphatic heterocycles. The number of amides is 1. The third-order valence-electron chi connectivity index (χ3n) is 7.48. The SMILES string of the molecule is CCOC(=O)/C=C1\C=CN(C2OC(COP(=O)(O)OP(=O)(O)OCC3OC(n4cnc5c(N)ncnc54)C(O)C3O)C(O)C2O)C=C1C(N)=O. The average molecular weight is 750 g/mol. The number of hydrogen-bond donors (Lipinski definition) is 8. The quantitative estimate of drug-likeness (QED) is 0.0592. The Kier molecular flexibility index (Phi) is 11.2. The second-order valence-electron chi connectivity index (χ2n) is 10.8. The number of carbonyl (C=O) groups is 2. The highest BCUT2D eigenvalue weighted by Crippen LogP contribution is 2.60. The Hall–Kier alpha value is -3.67. The summed E-state index contributed by atoms with van der Waals surface area (Å²) in [5.74, 6) is -1.66. The molecule has 50 heavy (non-hydrogen) atoms. The predicted octanol–water partition coefficient (Wildman–Crippen LogP) is -2.59. The normalized spacial score (nSPS) is 31.5. The number of esters is 1. The number of carbonyl (C=O) groups excluding carboxylic acids is 2. The lowest BCUT2D eigenvalue weighted by Gasteiger charge is -2.29. The van der Waals surface area contributed by atoms with Gasteiger partial charge in [-0.25, -0.2) is 28.9 Å². The van der Waals surface area contributed by atoms with Crippen molar-refractivity contribution < 1.29 is 76.5 Å². The Morgan fingerprint density at radius 2 is 1.56 bits per heavy atom. The fourth-order valence-corrected chi connectivity index (χ4v) is 7.19. The number of imidazole rings is 1. The maximum absolute atomic E-state index is 12.5. The number of rotatable bonds is 13. The number of phosphoric acid groups is 2. The summed E-state index contributed by atoms with van der Waals surface area (Å²) in [7, 11) is -10.9. The molecule has 5 rings (SSSR count). The minimum atomic E-state index is -5.44. The van der Waals surface area contributed by atoms with Crippen molar-refractivity contribution in [3.63, 3.8) is 0 Å². The van der Waals surface area contributed by atoms with Gasteiger partial charge in [-0.3, -0.25) is 18.4 Å². The second kappa shape index (κ2) is 14.9. The van der Waals surface area contributed by atoms with Gasteiger partial charge in [-0.15, -0.1) is 0 Å². The van der Waals surface area contributed by atoms with Gasteiger partial charge in [0.2, 0.25) is 0 Å². The largest absolute Gasteiger partial charge is 0.481 e. The van der Waals surface area contributed by atoms with Crippen molar-refractivity contribution in [1.82, 2.24) is 24.4 Å². The van der Waals surface area contributed by atoms with E-state index in [0.29, 0.717) is 0 Å². The highest BCUT2D eigenvalue weighted by atomic mass is 31.3. The Morgan fingerprint density at radius 1 is 0.960 bits per heavy atom. The molecule has 0 bridgehead atoms. The molecule has 0 spiro atoms. The van der Waals surface area contributed by atoms with Crippen molar-refractivity contribution >= 4 is 44.5 Å². The van der Waals surface area contributed by atoms with Crippen molar-refractivity contribution in [2.45, 2.75) is 56.0 Å². The summed E-state index contributed by atoms with van der Waals surface area (Å²) in [4.78, 5) is 57.1. The monoisotopic (exact) mass is 749 g/mol. The first-order valence-electron chi connectivity index (χ1n) is 14.5. The van der Waals surface area contributed by atoms with Gasteiger partial charge in [-0.05, 0) is 18.6 Å². The van der Waals surface area contributed by atoms with Crippen LogP contribution in [0.15, 0.2) is 48.4 Å². The zero-order valence-corrected chi connectivity index (χ0v) is 27.5. The summed E-state index contributed by atoms with van der Waals surface area (Å²) in [6.45, 7) is -0.227. The first-order chi connectivity index (χ1) is 23.5. The molecular weight excluding hydrogens is 716 g/mol. The summed E-state index contributed by atoms with van der Waals surface area (Å²) in [6, 6.07) is 0. The Labute approximate surface area is 281 Å². The average Bonchev–Trinajstić information content (AvgIpc) is 3.69. The Balaban J connectivity index is 1.16. The van der Waals surface area contributed by atoms with Gasteiger partial charge < -0.3 is 60.8 Å². The molecule has 25 heteroatoms. The van der Waals surface area contributed by atoms with Crippen LogP contribution < -0.4 is 11.5 Å². The number of anilines is 1. The predicted molar refractivity (Wildman–Crippen MR) is 162 cm³/mol. The molecule has 1 amide bonds. The smallest absolute Gasteiger partial charge is 0.463 e. The lowest BCUT2D eigenvalue weighted by atomic mass is 10.0. The van der Waals surface area contributed by atoms with Crippen LogP contribution in [-0.2, 0) is 46.3 Å². The lowest BCUT2D eigenvalue weighted by Crippen LogP contribution is -2.40. The van der Waals surface area contributed by atoms with Gasteiger partial charge >= 0.3 is 21.6 Å². The van der Waals surface area contributed by atoms with Crippen LogP contribution in [0, 0.1) is 0 Å². The van der Waals surface area contributed by atoms with Gasteiger partial charge in [0.05, 0.1) is 31.7 Å². The molecule has 23 nitrogen and oxygen atoms in total. The van der Waals surface area contributed by atoms with Crippen LogP contribution in [0.25, 0.3) is 11.2 Å². The molecule has 0 aromatic carbocycles. The number of nitrogen functional groups attached to an aromatic ring is 1. The molecule has 2 saturated heterocycles. The molecular formula is C25H33N7O16P2. The van der Waals surface area contributed by atoms with Crippen molar-refractivity contribution in [2.24, 2.45) is 5.73 Å². The molecule has 10 N–H and O–H groups in total. The van der Waals surface area contributed by atoms with E-state index in [9.17, 15) is 48.9 Å². The van der Waals surface area contributed by atoms with Crippen molar-refractivity contribution in [3.8, 4) is 0 Å². The molecule has 5 heterocycles. The minimum absolute atomic E-state index is 0.0379. The molecule has 10 unspecified atom stereocenters. The zero-order chi connectivity index (χ0) is 36.5. The van der Waals surface area contributed by atoms with Crippen LogP contribution in [-0.4, -0.2) is 129 Å². The Bertz CT molecular complexity index is 1800. The van der Waals surface area contributed by atoms with Crippen LogP contribution in [0.5, 0.6) is 0 Å². The molecule has 10 atom stereocenters. The van der Waals surface area contributed by atoms with Crippen LogP contribution in [0.1, 0.15) is 13.2 Å². The van der Waals surface area contributed by atoms with Crippen molar-refractivity contribution in [2.75, 3.05) is 25.6 Å². The van der Waals surface area contributed by atoms with E-state index in [2.05, 4.69) is 19.3 Å². The van der Waals surface area contributed by atoms with Gasteiger partial charge in [0.15, 0.2) is 23.9 Å². The molecule has 274 valence electrons. The summed E-state index contributed by atoms with van der Waals surface area (Å²) in [5.41, 5.74) is 11.4. The van der Waals surface area contributed by atoms with Gasteiger partial charge in [0, 0.05) is 18.5 Å². The number of phosphoric ester groups is 2. The third kappa shape index (κ3) is 8.11. The standard InChI is InChI=1S/C25H33N7O16P2/c1-2-43-15(33)5-11-3-4-31(6-12(11)22(27)38)24-19(36)17(34)13(46-24)7-44-49(39,40)48-50(41,42)45-8-14-18(35)20(37)25(47-14)32-10-30-16-21(26)28-9-29-23(16)32/h3-6,9-10,13-14,17-20,24-25,34-37H,2,7-8H2,1H3,(H2,27,38)(H,39,40)(H,41,42)(H2,26,28,29)/b11-5+. The van der Waals surface area contributed by atoms with E-state index in [1.54, 1.807) is 6.92 Å². The summed E-state index contributed by atoms with van der Waals surface area (Å²) in [5, 5.41) is 42.1. The molecule has 2 fully saturated rings. The number of fused-ring (bicyclic) bond motifs is 1. The summed E-state index contributed by atoms with van der Waals surface area (Å²) in [6.07, 6.45) is -5.34. The molecule has 0 radical (unpaired) electrons. The van der Waals surface area contributed by atoms with E-state index in [0.717, 1.165) is 23.5 Å². The fourth-order valence-electron chi connectivity index (χ4n) is 5.10. The van der Waals surface area contributed by atoms with Gasteiger partial charge in [-0.2, -0.15) is 4.31 Å². The minimum Gasteiger partial charge on any atom is -0.463 e. The van der Waals surface area contributed by atoms with Crippen molar-refractivity contribution in [3.05, 3.63) is 48.4 Å². The van der Waals surface area contributed by atoms with Crippen LogP contribution in [0.3, 0.4) is 0 Å². The first-order valence-corrected chi connectivity index (χ1v) is 17.5. The third-order valence-corrected chi connectivity index (χ3v) is 10.1. The number of hydrogen-bond acceptors (Lipinski definition) is 19. The van der Waals surface area contributed by atoms with E-state index in [-0.39, 0.29) is 34.7 Å². The second-order valence-corrected chi connectivity index (χ2v) is 13.9. The molecule has 2 aromatic rings. The maximum Gasteiger partial charge on any atom is 0.481 e. The number of aromatic nitrogens is 4. The van der Waals surface area contributed by atoms with Gasteiger partial charge in [-0.1, -0.05) is 0 Å². The summed E-state index contributed by atoms with van der Waals surface area (Å²) >= 11 is 0. The van der Waals surface area contributed by atoms with E-state index in [4.69, 9.17) is 34.7 Å². The van der Waals surface area contributed by atoms with E-state index >= 15 is 0 Å². The molecule has 0 saturated carbocycles. The number of allylic oxidation sites excluding steroid dienone is 1. The van der Waals surface area contributed by atoms with E-state index < -0.39 is 89.8 Å². The highest BCUT2D eigenvalue weighted by molar-refractivity contribution is 7.61. The maximum atomic E-state index is 12.5. The number of nitrogens with zero attached hydrogens (tertiary/aromatic N) is 5. The highest BCUT2D eigenvalue weighted by Gasteiger charge is 2.48. The van der Waals surface area contributed by atoms with Crippen LogP contribution >= 0.6 is 15.6 Å². The number of aliphatic hydroxyl groups excluding tert-OH is 4. The lowest BCUT2D eigenvalue weighted by molar-refractivity contribution is -0.137. The topological polar surface area (TPSA) is 344 Å². The summed E-state index contributed by atoms with van der Waals surface area (Å²) < 4.78 is 56.0. The fraction of sp³-hybridized carbons (Fsp3) is 0.480. The van der Waals surface area contributed by atoms with Crippen molar-refractivity contribution in [1.29, 1.82) is 0 Å². The Morgan fingerprint density at radius 3 is 2.16 bits per heavy atom.